The van der Waals surface area contributed by atoms with Crippen LogP contribution in [0.5, 0.6) is 0 Å². The van der Waals surface area contributed by atoms with Crippen molar-refractivity contribution in [2.24, 2.45) is 0 Å². The van der Waals surface area contributed by atoms with Crippen LogP contribution in [0.4, 0.5) is 16.3 Å². The molecule has 1 aliphatic rings. The Hall–Kier alpha value is -3.26. The van der Waals surface area contributed by atoms with Gasteiger partial charge >= 0.3 is 6.03 Å². The summed E-state index contributed by atoms with van der Waals surface area (Å²) in [5.74, 6) is 1.66. The number of anilines is 2. The van der Waals surface area contributed by atoms with Crippen molar-refractivity contribution in [3.8, 4) is 11.5 Å². The van der Waals surface area contributed by atoms with E-state index in [4.69, 9.17) is 0 Å². The highest BCUT2D eigenvalue weighted by molar-refractivity contribution is 5.99. The second kappa shape index (κ2) is 9.04. The van der Waals surface area contributed by atoms with E-state index in [0.717, 1.165) is 31.6 Å². The largest absolute Gasteiger partial charge is 0.324 e. The number of hydrogen-bond donors (Lipinski definition) is 3. The van der Waals surface area contributed by atoms with Gasteiger partial charge in [-0.2, -0.15) is 0 Å². The van der Waals surface area contributed by atoms with Gasteiger partial charge in [-0.25, -0.2) is 9.78 Å². The molecule has 30 heavy (non-hydrogen) atoms. The third-order valence-corrected chi connectivity index (χ3v) is 5.30. The molecule has 1 fully saturated rings. The van der Waals surface area contributed by atoms with E-state index in [1.165, 1.54) is 5.56 Å². The molecule has 0 unspecified atom stereocenters. The molecule has 0 atom stereocenters. The van der Waals surface area contributed by atoms with Crippen LogP contribution in [0.3, 0.4) is 0 Å². The van der Waals surface area contributed by atoms with Gasteiger partial charge in [0, 0.05) is 11.7 Å². The van der Waals surface area contributed by atoms with E-state index in [1.54, 1.807) is 12.4 Å². The molecule has 0 spiro atoms. The monoisotopic (exact) mass is 405 g/mol. The number of carbonyl (C=O) groups excluding carboxylic acids is 1. The first-order valence-electron chi connectivity index (χ1n) is 10.4. The third-order valence-electron chi connectivity index (χ3n) is 5.30. The summed E-state index contributed by atoms with van der Waals surface area (Å²) < 4.78 is 1.94. The predicted molar refractivity (Wildman–Crippen MR) is 118 cm³/mol. The summed E-state index contributed by atoms with van der Waals surface area (Å²) in [6, 6.07) is 13.4. The number of urea groups is 1. The van der Waals surface area contributed by atoms with Gasteiger partial charge in [0.2, 0.25) is 0 Å². The lowest BCUT2D eigenvalue weighted by atomic mass is 9.90. The molecule has 0 saturated carbocycles. The van der Waals surface area contributed by atoms with E-state index in [1.807, 2.05) is 28.8 Å². The van der Waals surface area contributed by atoms with Crippen molar-refractivity contribution >= 4 is 17.5 Å². The quantitative estimate of drug-likeness (QED) is 0.595. The zero-order valence-corrected chi connectivity index (χ0v) is 17.3. The van der Waals surface area contributed by atoms with Gasteiger partial charge in [-0.05, 0) is 75.5 Å². The molecule has 156 valence electrons. The fourth-order valence-electron chi connectivity index (χ4n) is 3.74. The van der Waals surface area contributed by atoms with E-state index in [0.29, 0.717) is 23.3 Å². The van der Waals surface area contributed by atoms with Crippen molar-refractivity contribution in [2.75, 3.05) is 23.7 Å². The van der Waals surface area contributed by atoms with Crippen LogP contribution in [0.25, 0.3) is 11.5 Å². The average Bonchev–Trinajstić information content (AvgIpc) is 3.25. The molecule has 3 aromatic rings. The molecule has 8 heteroatoms. The Morgan fingerprint density at radius 3 is 2.73 bits per heavy atom. The van der Waals surface area contributed by atoms with Crippen LogP contribution in [-0.4, -0.2) is 38.9 Å². The van der Waals surface area contributed by atoms with Crippen LogP contribution in [0.2, 0.25) is 0 Å². The maximum Gasteiger partial charge on any atom is 0.324 e. The Morgan fingerprint density at radius 2 is 1.93 bits per heavy atom. The van der Waals surface area contributed by atoms with Gasteiger partial charge in [0.1, 0.15) is 17.8 Å². The van der Waals surface area contributed by atoms with Gasteiger partial charge in [0.05, 0.1) is 0 Å². The summed E-state index contributed by atoms with van der Waals surface area (Å²) in [4.78, 5) is 17.1. The molecule has 3 heterocycles. The summed E-state index contributed by atoms with van der Waals surface area (Å²) in [5, 5.41) is 17.3. The number of hydrogen-bond acceptors (Lipinski definition) is 5. The number of pyridine rings is 1. The van der Waals surface area contributed by atoms with E-state index in [9.17, 15) is 4.79 Å². The second-order valence-corrected chi connectivity index (χ2v) is 7.79. The van der Waals surface area contributed by atoms with Crippen LogP contribution in [0, 0.1) is 0 Å². The van der Waals surface area contributed by atoms with E-state index in [2.05, 4.69) is 57.1 Å². The highest BCUT2D eigenvalue weighted by Gasteiger charge is 2.16. The van der Waals surface area contributed by atoms with Crippen molar-refractivity contribution in [3.63, 3.8) is 0 Å². The Morgan fingerprint density at radius 1 is 1.13 bits per heavy atom. The summed E-state index contributed by atoms with van der Waals surface area (Å²) in [5.41, 5.74) is 2.70. The van der Waals surface area contributed by atoms with Gasteiger partial charge < -0.3 is 15.2 Å². The van der Waals surface area contributed by atoms with Crippen LogP contribution in [0.1, 0.15) is 44.2 Å². The molecule has 0 radical (unpaired) electrons. The maximum atomic E-state index is 12.5. The number of aromatic nitrogens is 4. The van der Waals surface area contributed by atoms with Crippen molar-refractivity contribution in [2.45, 2.75) is 38.6 Å². The van der Waals surface area contributed by atoms with Crippen molar-refractivity contribution in [3.05, 3.63) is 54.4 Å². The van der Waals surface area contributed by atoms with Crippen molar-refractivity contribution < 1.29 is 4.79 Å². The number of amides is 2. The zero-order chi connectivity index (χ0) is 20.9. The molecular weight excluding hydrogens is 378 g/mol. The Bertz CT molecular complexity index is 1010. The first-order valence-corrected chi connectivity index (χ1v) is 10.4. The molecule has 1 aromatic carbocycles. The smallest absolute Gasteiger partial charge is 0.317 e. The number of piperidine rings is 1. The highest BCUT2D eigenvalue weighted by atomic mass is 16.2. The van der Waals surface area contributed by atoms with Gasteiger partial charge in [-0.15, -0.1) is 10.2 Å². The zero-order valence-electron chi connectivity index (χ0n) is 17.3. The molecule has 1 aliphatic heterocycles. The third kappa shape index (κ3) is 4.65. The van der Waals surface area contributed by atoms with Gasteiger partial charge in [0.25, 0.3) is 0 Å². The van der Waals surface area contributed by atoms with Crippen LogP contribution >= 0.6 is 0 Å². The first-order chi connectivity index (χ1) is 14.6. The van der Waals surface area contributed by atoms with E-state index >= 15 is 0 Å². The number of nitrogens with one attached hydrogen (secondary N) is 3. The fraction of sp³-hybridized carbons (Fsp3) is 0.364. The maximum absolute atomic E-state index is 12.5. The van der Waals surface area contributed by atoms with Crippen LogP contribution in [-0.2, 0) is 0 Å². The SMILES string of the molecule is CC(C)n1cnnc1-c1cccc(NC(=O)Nc2cccc(C3CCNCC3)c2)n1. The van der Waals surface area contributed by atoms with Gasteiger partial charge in [-0.3, -0.25) is 5.32 Å². The normalized spacial score (nSPS) is 14.6. The molecule has 4 rings (SSSR count). The lowest BCUT2D eigenvalue weighted by molar-refractivity contribution is 0.262. The Balaban J connectivity index is 1.44. The first kappa shape index (κ1) is 20.0. The highest BCUT2D eigenvalue weighted by Crippen LogP contribution is 2.27. The minimum atomic E-state index is -0.326. The number of benzene rings is 1. The van der Waals surface area contributed by atoms with E-state index in [-0.39, 0.29) is 12.1 Å². The number of rotatable bonds is 5. The molecule has 0 aliphatic carbocycles. The fourth-order valence-corrected chi connectivity index (χ4v) is 3.74. The second-order valence-electron chi connectivity index (χ2n) is 7.79. The Labute approximate surface area is 176 Å². The molecule has 0 bridgehead atoms. The molecular formula is C22H27N7O. The molecule has 2 amide bonds. The molecule has 1 saturated heterocycles. The molecule has 8 nitrogen and oxygen atoms in total. The van der Waals surface area contributed by atoms with Crippen molar-refractivity contribution in [1.29, 1.82) is 0 Å². The molecule has 3 N–H and O–H groups in total. The summed E-state index contributed by atoms with van der Waals surface area (Å²) in [7, 11) is 0. The lowest BCUT2D eigenvalue weighted by Gasteiger charge is -2.23. The topological polar surface area (TPSA) is 96.8 Å². The summed E-state index contributed by atoms with van der Waals surface area (Å²) in [6.45, 7) is 6.19. The average molecular weight is 406 g/mol. The standard InChI is InChI=1S/C22H27N7O/c1-15(2)29-14-24-28-21(29)19-7-4-8-20(26-19)27-22(30)25-18-6-3-5-17(13-18)16-9-11-23-12-10-16/h3-8,13-16,23H,9-12H2,1-2H3,(H2,25,26,27,30). The lowest BCUT2D eigenvalue weighted by Crippen LogP contribution is -2.26. The number of carbonyl (C=O) groups is 1. The summed E-state index contributed by atoms with van der Waals surface area (Å²) in [6.07, 6.45) is 3.92. The van der Waals surface area contributed by atoms with E-state index < -0.39 is 0 Å². The van der Waals surface area contributed by atoms with Gasteiger partial charge in [0.15, 0.2) is 5.82 Å². The Kier molecular flexibility index (Phi) is 6.04. The van der Waals surface area contributed by atoms with Crippen molar-refractivity contribution in [1.82, 2.24) is 25.1 Å². The molecule has 2 aromatic heterocycles. The number of nitrogens with zero attached hydrogens (tertiary/aromatic N) is 4. The van der Waals surface area contributed by atoms with Crippen LogP contribution < -0.4 is 16.0 Å². The van der Waals surface area contributed by atoms with Crippen LogP contribution in [0.15, 0.2) is 48.8 Å². The predicted octanol–water partition coefficient (Wildman–Crippen LogP) is 4.03. The minimum absolute atomic E-state index is 0.212. The summed E-state index contributed by atoms with van der Waals surface area (Å²) >= 11 is 0. The minimum Gasteiger partial charge on any atom is -0.317 e. The van der Waals surface area contributed by atoms with Gasteiger partial charge in [-0.1, -0.05) is 18.2 Å².